The fourth-order valence-electron chi connectivity index (χ4n) is 8.52. The molecule has 0 atom stereocenters. The Morgan fingerprint density at radius 3 is 1.62 bits per heavy atom. The van der Waals surface area contributed by atoms with E-state index in [-0.39, 0.29) is 0 Å². The summed E-state index contributed by atoms with van der Waals surface area (Å²) in [5.74, 6) is 0. The third-order valence-electron chi connectivity index (χ3n) is 10.7. The van der Waals surface area contributed by atoms with Crippen molar-refractivity contribution < 1.29 is 0 Å². The Kier molecular flexibility index (Phi) is 6.86. The second-order valence-electron chi connectivity index (χ2n) is 13.5. The lowest BCUT2D eigenvalue weighted by atomic mass is 9.83. The molecular weight excluding hydrogens is 619 g/mol. The van der Waals surface area contributed by atoms with Crippen molar-refractivity contribution in [3.05, 3.63) is 161 Å². The van der Waals surface area contributed by atoms with E-state index in [1.54, 1.807) is 0 Å². The zero-order chi connectivity index (χ0) is 33.2. The highest BCUT2D eigenvalue weighted by atomic mass is 32.1. The molecule has 1 aliphatic carbocycles. The summed E-state index contributed by atoms with van der Waals surface area (Å²) in [6.45, 7) is 0. The molecule has 234 valence electrons. The van der Waals surface area contributed by atoms with Crippen molar-refractivity contribution in [2.24, 2.45) is 0 Å². The Balaban J connectivity index is 1.23. The van der Waals surface area contributed by atoms with Gasteiger partial charge >= 0.3 is 0 Å². The van der Waals surface area contributed by atoms with Crippen LogP contribution in [-0.2, 0) is 0 Å². The highest BCUT2D eigenvalue weighted by Gasteiger charge is 2.21. The Hall–Kier alpha value is -5.70. The van der Waals surface area contributed by atoms with Crippen molar-refractivity contribution in [1.29, 1.82) is 0 Å². The molecule has 1 aliphatic rings. The minimum Gasteiger partial charge on any atom is -0.144 e. The molecule has 0 saturated heterocycles. The van der Waals surface area contributed by atoms with Crippen LogP contribution in [0.2, 0.25) is 0 Å². The molecule has 9 aromatic rings. The van der Waals surface area contributed by atoms with Crippen LogP contribution in [0.3, 0.4) is 0 Å². The van der Waals surface area contributed by atoms with Gasteiger partial charge in [0.1, 0.15) is 7.85 Å². The molecule has 0 radical (unpaired) electrons. The van der Waals surface area contributed by atoms with Crippen molar-refractivity contribution in [3.63, 3.8) is 0 Å². The molecule has 0 aliphatic heterocycles. The van der Waals surface area contributed by atoms with Crippen LogP contribution in [-0.4, -0.2) is 7.85 Å². The second-order valence-corrected chi connectivity index (χ2v) is 14.4. The van der Waals surface area contributed by atoms with Crippen LogP contribution < -0.4 is 15.9 Å². The van der Waals surface area contributed by atoms with E-state index in [1.807, 2.05) is 11.3 Å². The molecule has 0 amide bonds. The van der Waals surface area contributed by atoms with Gasteiger partial charge < -0.3 is 0 Å². The van der Waals surface area contributed by atoms with Gasteiger partial charge in [0.05, 0.1) is 0 Å². The van der Waals surface area contributed by atoms with Crippen LogP contribution in [0.25, 0.3) is 99.1 Å². The Morgan fingerprint density at radius 2 is 0.940 bits per heavy atom. The number of hydrogen-bond acceptors (Lipinski definition) is 1. The average Bonchev–Trinajstić information content (AvgIpc) is 3.57. The summed E-state index contributed by atoms with van der Waals surface area (Å²) in [6, 6.07) is 53.9. The topological polar surface area (TPSA) is 0 Å². The predicted molar refractivity (Wildman–Crippen MR) is 222 cm³/mol. The first kappa shape index (κ1) is 29.2. The molecule has 0 nitrogen and oxygen atoms in total. The van der Waals surface area contributed by atoms with E-state index >= 15 is 0 Å². The van der Waals surface area contributed by atoms with E-state index in [9.17, 15) is 0 Å². The van der Waals surface area contributed by atoms with Gasteiger partial charge in [0.25, 0.3) is 0 Å². The van der Waals surface area contributed by atoms with Crippen LogP contribution in [0.4, 0.5) is 0 Å². The first-order chi connectivity index (χ1) is 24.8. The van der Waals surface area contributed by atoms with Crippen LogP contribution in [0.5, 0.6) is 0 Å². The van der Waals surface area contributed by atoms with Gasteiger partial charge in [-0.2, -0.15) is 0 Å². The average molecular weight is 653 g/mol. The molecule has 0 spiro atoms. The van der Waals surface area contributed by atoms with E-state index in [1.165, 1.54) is 103 Å². The third-order valence-corrected chi connectivity index (χ3v) is 11.8. The minimum absolute atomic E-state index is 1.07. The summed E-state index contributed by atoms with van der Waals surface area (Å²) >= 11 is 1.89. The third kappa shape index (κ3) is 4.45. The molecule has 50 heavy (non-hydrogen) atoms. The van der Waals surface area contributed by atoms with Crippen molar-refractivity contribution >= 4 is 79.2 Å². The molecule has 0 saturated carbocycles. The fraction of sp³-hybridized carbons (Fsp3) is 0.0417. The van der Waals surface area contributed by atoms with Gasteiger partial charge in [-0.1, -0.05) is 163 Å². The van der Waals surface area contributed by atoms with E-state index in [4.69, 9.17) is 0 Å². The van der Waals surface area contributed by atoms with Gasteiger partial charge in [0.2, 0.25) is 0 Å². The summed E-state index contributed by atoms with van der Waals surface area (Å²) in [6.07, 6.45) is 7.12. The lowest BCUT2D eigenvalue weighted by Crippen LogP contribution is -2.32. The maximum atomic E-state index is 2.48. The summed E-state index contributed by atoms with van der Waals surface area (Å²) in [7, 11) is 2.27. The van der Waals surface area contributed by atoms with Crippen molar-refractivity contribution in [2.75, 3.05) is 0 Å². The van der Waals surface area contributed by atoms with Crippen molar-refractivity contribution in [1.82, 2.24) is 0 Å². The molecule has 0 fully saturated rings. The molecule has 1 heterocycles. The SMILES string of the molecule is Bc1csc2c(-c3ccccc3)c(-c3ccc(-c4c5ccccc5c(-c5cccc6ccccc56)c5ccccc45)cc3)c3c(c12)=CCCC=3. The summed E-state index contributed by atoms with van der Waals surface area (Å²) in [4.78, 5) is 0. The largest absolute Gasteiger partial charge is 0.144 e. The van der Waals surface area contributed by atoms with Gasteiger partial charge in [0.15, 0.2) is 0 Å². The molecule has 8 aromatic carbocycles. The Labute approximate surface area is 296 Å². The Morgan fingerprint density at radius 1 is 0.420 bits per heavy atom. The highest BCUT2D eigenvalue weighted by Crippen LogP contribution is 2.46. The van der Waals surface area contributed by atoms with Crippen LogP contribution in [0, 0.1) is 0 Å². The summed E-state index contributed by atoms with van der Waals surface area (Å²) < 4.78 is 1.39. The maximum Gasteiger partial charge on any atom is 0.141 e. The van der Waals surface area contributed by atoms with Crippen LogP contribution in [0.15, 0.2) is 151 Å². The van der Waals surface area contributed by atoms with Gasteiger partial charge in [-0.3, -0.25) is 0 Å². The normalized spacial score (nSPS) is 12.6. The summed E-state index contributed by atoms with van der Waals surface area (Å²) in [5.41, 5.74) is 11.7. The zero-order valence-corrected chi connectivity index (χ0v) is 28.7. The van der Waals surface area contributed by atoms with Gasteiger partial charge in [0, 0.05) is 10.3 Å². The number of thiophene rings is 1. The Bertz CT molecular complexity index is 2850. The molecule has 0 unspecified atom stereocenters. The van der Waals surface area contributed by atoms with E-state index in [0.29, 0.717) is 0 Å². The molecular formula is C48H33BS. The molecule has 10 rings (SSSR count). The van der Waals surface area contributed by atoms with Crippen molar-refractivity contribution in [3.8, 4) is 44.5 Å². The molecule has 1 aromatic heterocycles. The smallest absolute Gasteiger partial charge is 0.141 e. The number of hydrogen-bond donors (Lipinski definition) is 0. The quantitative estimate of drug-likeness (QED) is 0.131. The lowest BCUT2D eigenvalue weighted by molar-refractivity contribution is 1.12. The van der Waals surface area contributed by atoms with E-state index < -0.39 is 0 Å². The van der Waals surface area contributed by atoms with Crippen molar-refractivity contribution in [2.45, 2.75) is 12.8 Å². The monoisotopic (exact) mass is 652 g/mol. The van der Waals surface area contributed by atoms with E-state index in [2.05, 4.69) is 171 Å². The first-order valence-electron chi connectivity index (χ1n) is 17.6. The minimum atomic E-state index is 1.07. The van der Waals surface area contributed by atoms with Gasteiger partial charge in [-0.25, -0.2) is 0 Å². The molecule has 0 N–H and O–H groups in total. The second kappa shape index (κ2) is 11.7. The number of benzene rings is 8. The molecule has 0 bridgehead atoms. The zero-order valence-electron chi connectivity index (χ0n) is 27.9. The van der Waals surface area contributed by atoms with Gasteiger partial charge in [-0.05, 0) is 105 Å². The van der Waals surface area contributed by atoms with Gasteiger partial charge in [-0.15, -0.1) is 11.3 Å². The first-order valence-corrected chi connectivity index (χ1v) is 18.5. The standard InChI is InChI=1S/C48H33BS/c49-42-29-50-48-45(31-14-2-1-3-15-31)44(38-20-8-11-23-41(38)47(42)48)33-27-25-32(26-28-33)43-36-18-6-9-21-39(36)46(40-22-10-7-19-37(40)43)35-24-12-16-30-13-4-5-17-34(30)35/h1-7,9-10,12-29H,8,11,49H2. The number of rotatable bonds is 4. The van der Waals surface area contributed by atoms with Crippen LogP contribution in [0.1, 0.15) is 12.8 Å². The maximum absolute atomic E-state index is 2.48. The molecule has 2 heteroatoms. The van der Waals surface area contributed by atoms with E-state index in [0.717, 1.165) is 12.8 Å². The van der Waals surface area contributed by atoms with Crippen LogP contribution >= 0.6 is 11.3 Å². The lowest BCUT2D eigenvalue weighted by Gasteiger charge is -2.19. The highest BCUT2D eigenvalue weighted by molar-refractivity contribution is 7.19. The fourth-order valence-corrected chi connectivity index (χ4v) is 9.66. The summed E-state index contributed by atoms with van der Waals surface area (Å²) in [5, 5.41) is 14.2. The predicted octanol–water partition coefficient (Wildman–Crippen LogP) is 10.6. The number of fused-ring (bicyclic) bond motifs is 6.